The van der Waals surface area contributed by atoms with E-state index in [4.69, 9.17) is 0 Å². The van der Waals surface area contributed by atoms with Crippen molar-refractivity contribution in [2.45, 2.75) is 19.9 Å². The number of halogens is 1. The minimum Gasteiger partial charge on any atom is -0.508 e. The number of aromatic hydroxyl groups is 1. The second-order valence-corrected chi connectivity index (χ2v) is 4.02. The van der Waals surface area contributed by atoms with Gasteiger partial charge in [-0.15, -0.1) is 12.4 Å². The van der Waals surface area contributed by atoms with Crippen molar-refractivity contribution in [2.24, 2.45) is 0 Å². The van der Waals surface area contributed by atoms with Crippen molar-refractivity contribution in [1.82, 2.24) is 4.90 Å². The number of phenols is 1. The maximum atomic E-state index is 11.5. The Hall–Kier alpha value is -1.06. The Morgan fingerprint density at radius 3 is 2.31 bits per heavy atom. The number of carbonyl (C=O) groups excluding carboxylic acids is 1. The molecule has 0 saturated carbocycles. The summed E-state index contributed by atoms with van der Waals surface area (Å²) >= 11 is 0. The van der Waals surface area contributed by atoms with Crippen LogP contribution in [0, 0.1) is 6.92 Å². The highest BCUT2D eigenvalue weighted by molar-refractivity contribution is 5.85. The van der Waals surface area contributed by atoms with Gasteiger partial charge in [0.15, 0.2) is 5.78 Å². The van der Waals surface area contributed by atoms with Crippen LogP contribution >= 0.6 is 12.4 Å². The van der Waals surface area contributed by atoms with E-state index in [1.54, 1.807) is 19.1 Å². The van der Waals surface area contributed by atoms with Crippen molar-refractivity contribution in [3.63, 3.8) is 0 Å². The van der Waals surface area contributed by atoms with Crippen molar-refractivity contribution in [1.29, 1.82) is 0 Å². The van der Waals surface area contributed by atoms with Crippen LogP contribution in [-0.2, 0) is 4.79 Å². The minimum atomic E-state index is -0.232. The third-order valence-electron chi connectivity index (χ3n) is 2.44. The summed E-state index contributed by atoms with van der Waals surface area (Å²) < 4.78 is 0. The van der Waals surface area contributed by atoms with E-state index in [1.165, 1.54) is 0 Å². The van der Waals surface area contributed by atoms with Gasteiger partial charge in [-0.3, -0.25) is 9.69 Å². The van der Waals surface area contributed by atoms with Crippen LogP contribution in [0.5, 0.6) is 5.75 Å². The second kappa shape index (κ2) is 5.87. The monoisotopic (exact) mass is 243 g/mol. The fourth-order valence-corrected chi connectivity index (χ4v) is 1.75. The summed E-state index contributed by atoms with van der Waals surface area (Å²) in [5, 5.41) is 9.40. The van der Waals surface area contributed by atoms with Gasteiger partial charge in [0.05, 0.1) is 6.04 Å². The van der Waals surface area contributed by atoms with Gasteiger partial charge in [-0.05, 0) is 45.1 Å². The molecule has 0 aliphatic rings. The van der Waals surface area contributed by atoms with Crippen molar-refractivity contribution in [3.05, 3.63) is 29.3 Å². The van der Waals surface area contributed by atoms with Crippen molar-refractivity contribution in [3.8, 4) is 5.75 Å². The van der Waals surface area contributed by atoms with Crippen LogP contribution in [0.15, 0.2) is 18.2 Å². The first-order chi connectivity index (χ1) is 6.93. The summed E-state index contributed by atoms with van der Waals surface area (Å²) in [6.45, 7) is 3.40. The van der Waals surface area contributed by atoms with Gasteiger partial charge in [0.2, 0.25) is 0 Å². The average molecular weight is 244 g/mol. The summed E-state index contributed by atoms with van der Waals surface area (Å²) in [6, 6.07) is 5.03. The predicted octanol–water partition coefficient (Wildman–Crippen LogP) is 2.31. The summed E-state index contributed by atoms with van der Waals surface area (Å²) in [7, 11) is 3.74. The van der Waals surface area contributed by atoms with E-state index in [0.717, 1.165) is 11.1 Å². The maximum absolute atomic E-state index is 11.5. The molecule has 0 amide bonds. The fourth-order valence-electron chi connectivity index (χ4n) is 1.75. The lowest BCUT2D eigenvalue weighted by molar-refractivity contribution is -0.121. The maximum Gasteiger partial charge on any atom is 0.151 e. The molecule has 0 aromatic heterocycles. The first kappa shape index (κ1) is 14.9. The molecule has 0 fully saturated rings. The molecule has 1 aromatic carbocycles. The number of ketones is 1. The normalized spacial score (nSPS) is 12.1. The highest BCUT2D eigenvalue weighted by atomic mass is 35.5. The van der Waals surface area contributed by atoms with Crippen LogP contribution in [-0.4, -0.2) is 29.9 Å². The summed E-state index contributed by atoms with van der Waals surface area (Å²) in [4.78, 5) is 13.3. The van der Waals surface area contributed by atoms with Gasteiger partial charge in [0.1, 0.15) is 5.75 Å². The van der Waals surface area contributed by atoms with Crippen molar-refractivity contribution < 1.29 is 9.90 Å². The zero-order chi connectivity index (χ0) is 11.6. The SMILES string of the molecule is CC(=O)C(c1ccc(O)c(C)c1)N(C)C.Cl. The zero-order valence-corrected chi connectivity index (χ0v) is 10.8. The largest absolute Gasteiger partial charge is 0.508 e. The van der Waals surface area contributed by atoms with Gasteiger partial charge >= 0.3 is 0 Å². The number of phenolic OH excluding ortho intramolecular Hbond substituents is 1. The average Bonchev–Trinajstić information content (AvgIpc) is 2.10. The van der Waals surface area contributed by atoms with Crippen LogP contribution in [0.2, 0.25) is 0 Å². The number of hydrogen-bond acceptors (Lipinski definition) is 3. The lowest BCUT2D eigenvalue weighted by Gasteiger charge is -2.22. The highest BCUT2D eigenvalue weighted by Gasteiger charge is 2.19. The molecule has 4 heteroatoms. The molecule has 1 unspecified atom stereocenters. The molecule has 1 N–H and O–H groups in total. The number of carbonyl (C=O) groups is 1. The highest BCUT2D eigenvalue weighted by Crippen LogP contribution is 2.24. The molecule has 1 atom stereocenters. The number of hydrogen-bond donors (Lipinski definition) is 1. The van der Waals surface area contributed by atoms with Crippen LogP contribution < -0.4 is 0 Å². The number of likely N-dealkylation sites (N-methyl/N-ethyl adjacent to an activating group) is 1. The predicted molar refractivity (Wildman–Crippen MR) is 67.2 cm³/mol. The van der Waals surface area contributed by atoms with Crippen LogP contribution in [0.1, 0.15) is 24.1 Å². The van der Waals surface area contributed by atoms with E-state index in [9.17, 15) is 9.90 Å². The molecule has 0 spiro atoms. The van der Waals surface area contributed by atoms with Crippen molar-refractivity contribution in [2.75, 3.05) is 14.1 Å². The zero-order valence-electron chi connectivity index (χ0n) is 10.0. The van der Waals surface area contributed by atoms with E-state index in [-0.39, 0.29) is 30.0 Å². The molecule has 0 radical (unpaired) electrons. The van der Waals surface area contributed by atoms with Gasteiger partial charge in [-0.25, -0.2) is 0 Å². The lowest BCUT2D eigenvalue weighted by atomic mass is 10.0. The molecule has 0 saturated heterocycles. The quantitative estimate of drug-likeness (QED) is 0.886. The van der Waals surface area contributed by atoms with Crippen molar-refractivity contribution >= 4 is 18.2 Å². The Morgan fingerprint density at radius 1 is 1.38 bits per heavy atom. The Bertz CT molecular complexity index is 377. The summed E-state index contributed by atoms with van der Waals surface area (Å²) in [5.74, 6) is 0.366. The molecule has 90 valence electrons. The minimum absolute atomic E-state index is 0. The van der Waals surface area contributed by atoms with Gasteiger partial charge < -0.3 is 5.11 Å². The number of rotatable bonds is 3. The standard InChI is InChI=1S/C12H17NO2.ClH/c1-8-7-10(5-6-11(8)15)12(9(2)14)13(3)4;/h5-7,12,15H,1-4H3;1H. The Morgan fingerprint density at radius 2 is 1.94 bits per heavy atom. The Labute approximate surface area is 102 Å². The first-order valence-electron chi connectivity index (χ1n) is 4.90. The first-order valence-corrected chi connectivity index (χ1v) is 4.90. The molecule has 1 aromatic rings. The third-order valence-corrected chi connectivity index (χ3v) is 2.44. The molecule has 1 rings (SSSR count). The Balaban J connectivity index is 0.00000225. The van der Waals surface area contributed by atoms with Crippen LogP contribution in [0.4, 0.5) is 0 Å². The lowest BCUT2D eigenvalue weighted by Crippen LogP contribution is -2.25. The van der Waals surface area contributed by atoms with Gasteiger partial charge in [0, 0.05) is 0 Å². The molecule has 3 nitrogen and oxygen atoms in total. The molecule has 0 bridgehead atoms. The number of nitrogens with zero attached hydrogens (tertiary/aromatic N) is 1. The van der Waals surface area contributed by atoms with E-state index in [2.05, 4.69) is 0 Å². The molecular formula is C12H18ClNO2. The van der Waals surface area contributed by atoms with Crippen LogP contribution in [0.25, 0.3) is 0 Å². The van der Waals surface area contributed by atoms with E-state index in [1.807, 2.05) is 32.0 Å². The Kier molecular flexibility index (Phi) is 5.48. The molecule has 16 heavy (non-hydrogen) atoms. The summed E-state index contributed by atoms with van der Waals surface area (Å²) in [5.41, 5.74) is 1.71. The number of aryl methyl sites for hydroxylation is 1. The second-order valence-electron chi connectivity index (χ2n) is 4.02. The van der Waals surface area contributed by atoms with Crippen LogP contribution in [0.3, 0.4) is 0 Å². The molecule has 0 aliphatic heterocycles. The fraction of sp³-hybridized carbons (Fsp3) is 0.417. The number of benzene rings is 1. The molecule has 0 aliphatic carbocycles. The van der Waals surface area contributed by atoms with E-state index >= 15 is 0 Å². The smallest absolute Gasteiger partial charge is 0.151 e. The molecule has 0 heterocycles. The van der Waals surface area contributed by atoms with Gasteiger partial charge in [-0.2, -0.15) is 0 Å². The van der Waals surface area contributed by atoms with E-state index < -0.39 is 0 Å². The molecular weight excluding hydrogens is 226 g/mol. The van der Waals surface area contributed by atoms with Gasteiger partial charge in [0.25, 0.3) is 0 Å². The van der Waals surface area contributed by atoms with E-state index in [0.29, 0.717) is 0 Å². The topological polar surface area (TPSA) is 40.5 Å². The van der Waals surface area contributed by atoms with Gasteiger partial charge in [-0.1, -0.05) is 12.1 Å². The summed E-state index contributed by atoms with van der Waals surface area (Å²) in [6.07, 6.45) is 0. The third kappa shape index (κ3) is 3.22. The number of Topliss-reactive ketones (excluding diaryl/α,β-unsaturated/α-hetero) is 1.